The Morgan fingerprint density at radius 3 is 2.57 bits per heavy atom. The predicted molar refractivity (Wildman–Crippen MR) is 81.2 cm³/mol. The number of aliphatic carboxylic acids is 1. The maximum atomic E-state index is 12.9. The van der Waals surface area contributed by atoms with Crippen LogP contribution in [0.3, 0.4) is 0 Å². The molecular weight excluding hydrogens is 268 g/mol. The second-order valence-corrected chi connectivity index (χ2v) is 6.80. The van der Waals surface area contributed by atoms with E-state index in [0.717, 1.165) is 32.2 Å². The summed E-state index contributed by atoms with van der Waals surface area (Å²) in [5.41, 5.74) is -0.978. The van der Waals surface area contributed by atoms with E-state index in [4.69, 9.17) is 0 Å². The first-order valence-corrected chi connectivity index (χ1v) is 8.24. The molecule has 0 aromatic heterocycles. The summed E-state index contributed by atoms with van der Waals surface area (Å²) >= 11 is 0. The molecule has 0 radical (unpaired) electrons. The Labute approximate surface area is 127 Å². The highest BCUT2D eigenvalue weighted by atomic mass is 16.4. The normalized spacial score (nSPS) is 33.3. The van der Waals surface area contributed by atoms with Gasteiger partial charge in [0.05, 0.1) is 0 Å². The lowest BCUT2D eigenvalue weighted by atomic mass is 9.90. The van der Waals surface area contributed by atoms with Gasteiger partial charge in [-0.25, -0.2) is 9.59 Å². The lowest BCUT2D eigenvalue weighted by Gasteiger charge is -2.43. The van der Waals surface area contributed by atoms with Crippen LogP contribution in [0.5, 0.6) is 0 Å². The minimum atomic E-state index is -0.978. The molecule has 2 fully saturated rings. The van der Waals surface area contributed by atoms with Crippen LogP contribution in [-0.2, 0) is 4.79 Å². The average Bonchev–Trinajstić information content (AvgIpc) is 2.83. The van der Waals surface area contributed by atoms with Gasteiger partial charge in [-0.1, -0.05) is 20.3 Å². The molecule has 120 valence electrons. The quantitative estimate of drug-likeness (QED) is 0.871. The maximum Gasteiger partial charge on any atom is 0.329 e. The van der Waals surface area contributed by atoms with Crippen LogP contribution in [0.4, 0.5) is 4.79 Å². The van der Waals surface area contributed by atoms with E-state index >= 15 is 0 Å². The molecule has 2 amide bonds. The van der Waals surface area contributed by atoms with Gasteiger partial charge < -0.3 is 14.9 Å². The summed E-state index contributed by atoms with van der Waals surface area (Å²) < 4.78 is 0. The fourth-order valence-corrected chi connectivity index (χ4v) is 4.01. The molecule has 2 heterocycles. The minimum Gasteiger partial charge on any atom is -0.479 e. The van der Waals surface area contributed by atoms with Gasteiger partial charge in [-0.15, -0.1) is 0 Å². The first-order chi connectivity index (χ1) is 9.92. The molecule has 2 saturated heterocycles. The van der Waals surface area contributed by atoms with Gasteiger partial charge >= 0.3 is 12.0 Å². The van der Waals surface area contributed by atoms with E-state index in [1.54, 1.807) is 4.90 Å². The molecule has 0 aromatic carbocycles. The number of nitrogens with zero attached hydrogens (tertiary/aromatic N) is 2. The Morgan fingerprint density at radius 1 is 1.29 bits per heavy atom. The van der Waals surface area contributed by atoms with Crippen LogP contribution in [-0.4, -0.2) is 51.6 Å². The van der Waals surface area contributed by atoms with Gasteiger partial charge in [0.1, 0.15) is 5.54 Å². The van der Waals surface area contributed by atoms with Gasteiger partial charge in [0.25, 0.3) is 0 Å². The zero-order valence-corrected chi connectivity index (χ0v) is 13.5. The number of rotatable bonds is 3. The van der Waals surface area contributed by atoms with Crippen molar-refractivity contribution in [2.24, 2.45) is 5.92 Å². The van der Waals surface area contributed by atoms with Crippen LogP contribution in [0.25, 0.3) is 0 Å². The van der Waals surface area contributed by atoms with Crippen LogP contribution in [0.15, 0.2) is 0 Å². The SMILES string of the molecule is CCCC1(C(=O)O)CCCN1C(=O)N1CCC(C)CC1C. The molecule has 2 aliphatic rings. The van der Waals surface area contributed by atoms with Gasteiger partial charge in [-0.3, -0.25) is 0 Å². The highest BCUT2D eigenvalue weighted by Gasteiger charge is 2.50. The number of likely N-dealkylation sites (tertiary alicyclic amines) is 2. The third-order valence-corrected chi connectivity index (χ3v) is 5.17. The van der Waals surface area contributed by atoms with Crippen molar-refractivity contribution < 1.29 is 14.7 Å². The molecule has 3 atom stereocenters. The predicted octanol–water partition coefficient (Wildman–Crippen LogP) is 2.95. The number of urea groups is 1. The molecule has 0 bridgehead atoms. The Balaban J connectivity index is 2.18. The topological polar surface area (TPSA) is 60.9 Å². The van der Waals surface area contributed by atoms with E-state index in [1.165, 1.54) is 0 Å². The first-order valence-electron chi connectivity index (χ1n) is 8.24. The summed E-state index contributed by atoms with van der Waals surface area (Å²) in [5, 5.41) is 9.71. The summed E-state index contributed by atoms with van der Waals surface area (Å²) in [7, 11) is 0. The number of carboxylic acid groups (broad SMARTS) is 1. The molecule has 0 aromatic rings. The largest absolute Gasteiger partial charge is 0.479 e. The average molecular weight is 296 g/mol. The Morgan fingerprint density at radius 2 is 2.00 bits per heavy atom. The van der Waals surface area contributed by atoms with Crippen LogP contribution in [0.2, 0.25) is 0 Å². The first kappa shape index (κ1) is 16.1. The molecule has 3 unspecified atom stereocenters. The summed E-state index contributed by atoms with van der Waals surface area (Å²) in [6, 6.07) is 0.137. The Hall–Kier alpha value is -1.26. The number of hydrogen-bond acceptors (Lipinski definition) is 2. The van der Waals surface area contributed by atoms with E-state index in [1.807, 2.05) is 11.8 Å². The Kier molecular flexibility index (Phi) is 4.79. The van der Waals surface area contributed by atoms with Crippen molar-refractivity contribution in [1.82, 2.24) is 9.80 Å². The molecule has 2 rings (SSSR count). The Bertz CT molecular complexity index is 412. The van der Waals surface area contributed by atoms with Crippen LogP contribution in [0.1, 0.15) is 59.3 Å². The molecule has 5 heteroatoms. The van der Waals surface area contributed by atoms with Crippen LogP contribution >= 0.6 is 0 Å². The van der Waals surface area contributed by atoms with Gasteiger partial charge in [-0.2, -0.15) is 0 Å². The smallest absolute Gasteiger partial charge is 0.329 e. The van der Waals surface area contributed by atoms with E-state index in [2.05, 4.69) is 13.8 Å². The molecule has 0 spiro atoms. The zero-order chi connectivity index (χ0) is 15.6. The number of carbonyl (C=O) groups excluding carboxylic acids is 1. The van der Waals surface area contributed by atoms with Gasteiger partial charge in [-0.05, 0) is 44.9 Å². The highest BCUT2D eigenvalue weighted by molar-refractivity contribution is 5.87. The third-order valence-electron chi connectivity index (χ3n) is 5.17. The van der Waals surface area contributed by atoms with Crippen LogP contribution < -0.4 is 0 Å². The van der Waals surface area contributed by atoms with Crippen molar-refractivity contribution in [3.05, 3.63) is 0 Å². The monoisotopic (exact) mass is 296 g/mol. The zero-order valence-electron chi connectivity index (χ0n) is 13.5. The number of piperidine rings is 1. The van der Waals surface area contributed by atoms with Gasteiger partial charge in [0, 0.05) is 19.1 Å². The minimum absolute atomic E-state index is 0.0669. The highest BCUT2D eigenvalue weighted by Crippen LogP contribution is 2.36. The van der Waals surface area contributed by atoms with Crippen LogP contribution in [0, 0.1) is 5.92 Å². The summed E-state index contributed by atoms with van der Waals surface area (Å²) in [5.74, 6) is -0.198. The summed E-state index contributed by atoms with van der Waals surface area (Å²) in [4.78, 5) is 28.3. The number of amides is 2. The van der Waals surface area contributed by atoms with Crippen molar-refractivity contribution in [3.8, 4) is 0 Å². The van der Waals surface area contributed by atoms with Crippen molar-refractivity contribution in [2.45, 2.75) is 70.9 Å². The van der Waals surface area contributed by atoms with Crippen molar-refractivity contribution in [2.75, 3.05) is 13.1 Å². The fourth-order valence-electron chi connectivity index (χ4n) is 4.01. The molecule has 2 aliphatic heterocycles. The number of carboxylic acids is 1. The lowest BCUT2D eigenvalue weighted by Crippen LogP contribution is -2.59. The molecule has 0 aliphatic carbocycles. The lowest BCUT2D eigenvalue weighted by molar-refractivity contribution is -0.149. The molecule has 0 saturated carbocycles. The third kappa shape index (κ3) is 2.87. The van der Waals surface area contributed by atoms with E-state index in [0.29, 0.717) is 25.3 Å². The standard InChI is InChI=1S/C16H28N2O3/c1-4-7-16(14(19)20)8-5-9-18(16)15(21)17-10-6-12(2)11-13(17)3/h12-13H,4-11H2,1-3H3,(H,19,20). The van der Waals surface area contributed by atoms with E-state index in [9.17, 15) is 14.7 Å². The maximum absolute atomic E-state index is 12.9. The number of carbonyl (C=O) groups is 2. The van der Waals surface area contributed by atoms with Crippen molar-refractivity contribution in [3.63, 3.8) is 0 Å². The number of hydrogen-bond donors (Lipinski definition) is 1. The molecule has 21 heavy (non-hydrogen) atoms. The molecule has 1 N–H and O–H groups in total. The van der Waals surface area contributed by atoms with Gasteiger partial charge in [0.2, 0.25) is 0 Å². The summed E-state index contributed by atoms with van der Waals surface area (Å²) in [6.07, 6.45) is 4.72. The van der Waals surface area contributed by atoms with Crippen molar-refractivity contribution >= 4 is 12.0 Å². The van der Waals surface area contributed by atoms with E-state index in [-0.39, 0.29) is 12.1 Å². The summed E-state index contributed by atoms with van der Waals surface area (Å²) in [6.45, 7) is 7.60. The second-order valence-electron chi connectivity index (χ2n) is 6.80. The van der Waals surface area contributed by atoms with Gasteiger partial charge in [0.15, 0.2) is 0 Å². The van der Waals surface area contributed by atoms with Crippen molar-refractivity contribution in [1.29, 1.82) is 0 Å². The molecule has 5 nitrogen and oxygen atoms in total. The molecular formula is C16H28N2O3. The second kappa shape index (κ2) is 6.24. The fraction of sp³-hybridized carbons (Fsp3) is 0.875. The van der Waals surface area contributed by atoms with E-state index < -0.39 is 11.5 Å².